The topological polar surface area (TPSA) is 47.5 Å². The monoisotopic (exact) mass is 373 g/mol. The van der Waals surface area contributed by atoms with Crippen LogP contribution in [0.4, 0.5) is 0 Å². The van der Waals surface area contributed by atoms with Gasteiger partial charge in [-0.2, -0.15) is 0 Å². The Morgan fingerprint density at radius 3 is 3.00 bits per heavy atom. The summed E-state index contributed by atoms with van der Waals surface area (Å²) < 4.78 is 12.2. The summed E-state index contributed by atoms with van der Waals surface area (Å²) in [6.45, 7) is 6.99. The maximum atomic E-state index is 6.30. The number of hydrogen-bond donors (Lipinski definition) is 0. The number of aromatic nitrogens is 2. The average molecular weight is 374 g/mol. The molecule has 2 aliphatic rings. The van der Waals surface area contributed by atoms with E-state index in [1.807, 2.05) is 17.6 Å². The van der Waals surface area contributed by atoms with Crippen LogP contribution >= 0.6 is 11.3 Å². The second kappa shape index (κ2) is 8.03. The van der Waals surface area contributed by atoms with Crippen molar-refractivity contribution in [1.82, 2.24) is 14.9 Å². The molecule has 140 valence electrons. The minimum Gasteiger partial charge on any atom is -0.492 e. The summed E-state index contributed by atoms with van der Waals surface area (Å²) >= 11 is 1.77. The highest BCUT2D eigenvalue weighted by atomic mass is 32.1. The van der Waals surface area contributed by atoms with Gasteiger partial charge in [-0.25, -0.2) is 4.98 Å². The Labute approximate surface area is 159 Å². The average Bonchev–Trinajstić information content (AvgIpc) is 3.25. The van der Waals surface area contributed by atoms with Crippen LogP contribution in [0, 0.1) is 12.8 Å². The van der Waals surface area contributed by atoms with E-state index in [0.29, 0.717) is 5.92 Å². The predicted octanol–water partition coefficient (Wildman–Crippen LogP) is 3.69. The van der Waals surface area contributed by atoms with Crippen LogP contribution in [-0.4, -0.2) is 46.8 Å². The van der Waals surface area contributed by atoms with Gasteiger partial charge in [0.25, 0.3) is 0 Å². The maximum absolute atomic E-state index is 6.30. The lowest BCUT2D eigenvalue weighted by molar-refractivity contribution is -0.0707. The van der Waals surface area contributed by atoms with Crippen LogP contribution in [0.1, 0.15) is 36.3 Å². The molecule has 2 aromatic heterocycles. The summed E-state index contributed by atoms with van der Waals surface area (Å²) in [6, 6.07) is 3.88. The summed E-state index contributed by atoms with van der Waals surface area (Å²) in [4.78, 5) is 12.4. The summed E-state index contributed by atoms with van der Waals surface area (Å²) in [5, 5.41) is 0. The largest absolute Gasteiger partial charge is 0.492 e. The fourth-order valence-electron chi connectivity index (χ4n) is 4.27. The molecule has 5 nitrogen and oxygen atoms in total. The number of likely N-dealkylation sites (tertiary alicyclic amines) is 1. The van der Waals surface area contributed by atoms with Crippen LogP contribution in [0.5, 0.6) is 5.75 Å². The van der Waals surface area contributed by atoms with Crippen molar-refractivity contribution in [2.24, 2.45) is 5.92 Å². The minimum absolute atomic E-state index is 0.0670. The zero-order chi connectivity index (χ0) is 17.8. The highest BCUT2D eigenvalue weighted by molar-refractivity contribution is 7.09. The van der Waals surface area contributed by atoms with Crippen LogP contribution in [0.15, 0.2) is 30.0 Å². The lowest BCUT2D eigenvalue weighted by atomic mass is 9.78. The Hall–Kier alpha value is -1.50. The molecular weight excluding hydrogens is 346 g/mol. The fourth-order valence-corrected chi connectivity index (χ4v) is 5.09. The molecular formula is C20H27N3O2S. The van der Waals surface area contributed by atoms with Crippen molar-refractivity contribution in [3.8, 4) is 5.75 Å². The van der Waals surface area contributed by atoms with Gasteiger partial charge in [-0.15, -0.1) is 11.3 Å². The smallest absolute Gasteiger partial charge is 0.137 e. The number of piperidine rings is 1. The lowest BCUT2D eigenvalue weighted by Crippen LogP contribution is -2.47. The molecule has 0 aliphatic carbocycles. The maximum Gasteiger partial charge on any atom is 0.137 e. The Morgan fingerprint density at radius 2 is 2.27 bits per heavy atom. The van der Waals surface area contributed by atoms with Crippen molar-refractivity contribution in [3.63, 3.8) is 0 Å². The van der Waals surface area contributed by atoms with E-state index < -0.39 is 0 Å². The number of pyridine rings is 1. The van der Waals surface area contributed by atoms with Crippen molar-refractivity contribution in [2.45, 2.75) is 44.8 Å². The van der Waals surface area contributed by atoms with Gasteiger partial charge < -0.3 is 9.47 Å². The Kier molecular flexibility index (Phi) is 5.52. The van der Waals surface area contributed by atoms with Gasteiger partial charge in [0, 0.05) is 37.3 Å². The first-order valence-electron chi connectivity index (χ1n) is 9.53. The van der Waals surface area contributed by atoms with Gasteiger partial charge in [0.2, 0.25) is 0 Å². The summed E-state index contributed by atoms with van der Waals surface area (Å²) in [6.07, 6.45) is 8.02. The second-order valence-electron chi connectivity index (χ2n) is 7.36. The van der Waals surface area contributed by atoms with Crippen LogP contribution in [0.2, 0.25) is 0 Å². The van der Waals surface area contributed by atoms with Crippen molar-refractivity contribution < 1.29 is 9.47 Å². The standard InChI is InChI=1S/C20H27N3O2S/c1-16-19(26-15-22-16)14-23-9-6-20(7-10-23)17(5-12-25-20)4-11-24-18-3-2-8-21-13-18/h2-3,8,13,15,17H,4-7,9-12,14H2,1H3/t17-/m0/s1. The highest BCUT2D eigenvalue weighted by Gasteiger charge is 2.45. The molecule has 0 saturated carbocycles. The third-order valence-corrected chi connectivity index (χ3v) is 6.80. The number of nitrogens with zero attached hydrogens (tertiary/aromatic N) is 3. The number of hydrogen-bond acceptors (Lipinski definition) is 6. The van der Waals surface area contributed by atoms with Crippen LogP contribution in [0.25, 0.3) is 0 Å². The van der Waals surface area contributed by atoms with E-state index in [4.69, 9.17) is 9.47 Å². The zero-order valence-corrected chi connectivity index (χ0v) is 16.2. The second-order valence-corrected chi connectivity index (χ2v) is 8.30. The molecule has 26 heavy (non-hydrogen) atoms. The van der Waals surface area contributed by atoms with Crippen molar-refractivity contribution >= 4 is 11.3 Å². The van der Waals surface area contributed by atoms with E-state index in [-0.39, 0.29) is 5.60 Å². The first-order chi connectivity index (χ1) is 12.8. The fraction of sp³-hybridized carbons (Fsp3) is 0.600. The third-order valence-electron chi connectivity index (χ3n) is 5.88. The van der Waals surface area contributed by atoms with Gasteiger partial charge in [0.15, 0.2) is 0 Å². The zero-order valence-electron chi connectivity index (χ0n) is 15.4. The SMILES string of the molecule is Cc1ncsc1CN1CCC2(CC1)OCC[C@@H]2CCOc1cccnc1. The van der Waals surface area contributed by atoms with E-state index in [1.54, 1.807) is 23.7 Å². The van der Waals surface area contributed by atoms with Gasteiger partial charge in [0.05, 0.1) is 29.6 Å². The first kappa shape index (κ1) is 17.9. The molecule has 6 heteroatoms. The highest BCUT2D eigenvalue weighted by Crippen LogP contribution is 2.42. The van der Waals surface area contributed by atoms with Gasteiger partial charge in [-0.1, -0.05) is 0 Å². The summed E-state index contributed by atoms with van der Waals surface area (Å²) in [5.74, 6) is 1.46. The van der Waals surface area contributed by atoms with E-state index in [2.05, 4.69) is 21.8 Å². The number of thiazole rings is 1. The Balaban J connectivity index is 1.28. The van der Waals surface area contributed by atoms with Gasteiger partial charge in [0.1, 0.15) is 5.75 Å². The molecule has 0 bridgehead atoms. The van der Waals surface area contributed by atoms with Crippen molar-refractivity contribution in [3.05, 3.63) is 40.6 Å². The molecule has 0 aromatic carbocycles. The molecule has 2 fully saturated rings. The van der Waals surface area contributed by atoms with E-state index >= 15 is 0 Å². The molecule has 0 amide bonds. The number of aryl methyl sites for hydroxylation is 1. The van der Waals surface area contributed by atoms with E-state index in [0.717, 1.165) is 64.3 Å². The normalized spacial score (nSPS) is 22.7. The first-order valence-corrected chi connectivity index (χ1v) is 10.4. The summed E-state index contributed by atoms with van der Waals surface area (Å²) in [7, 11) is 0. The van der Waals surface area contributed by atoms with Crippen LogP contribution < -0.4 is 4.74 Å². The minimum atomic E-state index is 0.0670. The third kappa shape index (κ3) is 3.92. The van der Waals surface area contributed by atoms with Crippen LogP contribution in [0.3, 0.4) is 0 Å². The predicted molar refractivity (Wildman–Crippen MR) is 103 cm³/mol. The molecule has 2 saturated heterocycles. The van der Waals surface area contributed by atoms with E-state index in [9.17, 15) is 0 Å². The van der Waals surface area contributed by atoms with Gasteiger partial charge >= 0.3 is 0 Å². The van der Waals surface area contributed by atoms with E-state index in [1.165, 1.54) is 10.6 Å². The molecule has 2 aromatic rings. The molecule has 1 atom stereocenters. The quantitative estimate of drug-likeness (QED) is 0.773. The Bertz CT molecular complexity index is 698. The van der Waals surface area contributed by atoms with Gasteiger partial charge in [-0.3, -0.25) is 9.88 Å². The number of rotatable bonds is 6. The molecule has 0 N–H and O–H groups in total. The van der Waals surface area contributed by atoms with Gasteiger partial charge in [-0.05, 0) is 50.7 Å². The Morgan fingerprint density at radius 1 is 1.38 bits per heavy atom. The molecule has 4 heterocycles. The molecule has 0 radical (unpaired) electrons. The van der Waals surface area contributed by atoms with Crippen molar-refractivity contribution in [2.75, 3.05) is 26.3 Å². The summed E-state index contributed by atoms with van der Waals surface area (Å²) in [5.41, 5.74) is 3.20. The number of ether oxygens (including phenoxy) is 2. The molecule has 2 aliphatic heterocycles. The van der Waals surface area contributed by atoms with Crippen LogP contribution in [-0.2, 0) is 11.3 Å². The molecule has 1 spiro atoms. The van der Waals surface area contributed by atoms with Crippen molar-refractivity contribution in [1.29, 1.82) is 0 Å². The molecule has 4 rings (SSSR count). The lowest BCUT2D eigenvalue weighted by Gasteiger charge is -2.42. The molecule has 0 unspecified atom stereocenters.